The summed E-state index contributed by atoms with van der Waals surface area (Å²) in [5, 5.41) is 7.82. The smallest absolute Gasteiger partial charge is 0.161 e. The number of methoxy groups -OCH3 is 1. The molecule has 4 nitrogen and oxygen atoms in total. The summed E-state index contributed by atoms with van der Waals surface area (Å²) in [5.74, 6) is 0.395. The van der Waals surface area contributed by atoms with Crippen molar-refractivity contribution in [3.8, 4) is 11.5 Å². The van der Waals surface area contributed by atoms with E-state index in [1.165, 1.54) is 25.3 Å². The third-order valence-electron chi connectivity index (χ3n) is 2.87. The molecule has 110 valence electrons. The minimum Gasteiger partial charge on any atom is -0.493 e. The lowest BCUT2D eigenvalue weighted by molar-refractivity contribution is 0.279. The van der Waals surface area contributed by atoms with E-state index in [1.807, 2.05) is 0 Å². The van der Waals surface area contributed by atoms with Crippen LogP contribution in [0.15, 0.2) is 36.4 Å². The predicted molar refractivity (Wildman–Crippen MR) is 79.8 cm³/mol. The third kappa shape index (κ3) is 3.64. The molecule has 21 heavy (non-hydrogen) atoms. The molecule has 0 atom stereocenters. The number of hydrogen-bond donors (Lipinski definition) is 2. The molecule has 0 amide bonds. The maximum absolute atomic E-state index is 13.6. The molecule has 0 saturated carbocycles. The zero-order chi connectivity index (χ0) is 15.4. The van der Waals surface area contributed by atoms with E-state index in [0.29, 0.717) is 27.6 Å². The van der Waals surface area contributed by atoms with Crippen LogP contribution in [0.1, 0.15) is 11.1 Å². The van der Waals surface area contributed by atoms with Crippen molar-refractivity contribution in [2.24, 2.45) is 5.73 Å². The van der Waals surface area contributed by atoms with Crippen LogP contribution < -0.4 is 15.2 Å². The molecule has 0 saturated heterocycles. The van der Waals surface area contributed by atoms with Gasteiger partial charge in [-0.2, -0.15) is 0 Å². The lowest BCUT2D eigenvalue weighted by Crippen LogP contribution is -2.11. The Kier molecular flexibility index (Phi) is 4.65. The maximum atomic E-state index is 13.6. The van der Waals surface area contributed by atoms with Crippen molar-refractivity contribution >= 4 is 17.4 Å². The molecule has 6 heteroatoms. The first-order valence-corrected chi connectivity index (χ1v) is 6.48. The molecule has 0 fully saturated rings. The van der Waals surface area contributed by atoms with Crippen LogP contribution in [0.2, 0.25) is 5.02 Å². The van der Waals surface area contributed by atoms with Crippen molar-refractivity contribution < 1.29 is 13.9 Å². The van der Waals surface area contributed by atoms with Gasteiger partial charge < -0.3 is 15.2 Å². The van der Waals surface area contributed by atoms with E-state index in [-0.39, 0.29) is 12.4 Å². The van der Waals surface area contributed by atoms with E-state index in [2.05, 4.69) is 0 Å². The molecule has 0 aliphatic rings. The van der Waals surface area contributed by atoms with Gasteiger partial charge in [0.15, 0.2) is 11.5 Å². The highest BCUT2D eigenvalue weighted by atomic mass is 35.5. The molecule has 0 aliphatic carbocycles. The van der Waals surface area contributed by atoms with Crippen molar-refractivity contribution in [1.82, 2.24) is 0 Å². The van der Waals surface area contributed by atoms with Crippen LogP contribution >= 0.6 is 11.6 Å². The van der Waals surface area contributed by atoms with Crippen LogP contribution in [0, 0.1) is 11.2 Å². The second-order valence-corrected chi connectivity index (χ2v) is 4.74. The minimum absolute atomic E-state index is 0.0160. The van der Waals surface area contributed by atoms with Gasteiger partial charge in [-0.3, -0.25) is 5.41 Å². The lowest BCUT2D eigenvalue weighted by atomic mass is 10.2. The SMILES string of the molecule is COc1cc(C(=N)N)ccc1OCc1cc(Cl)ccc1F. The van der Waals surface area contributed by atoms with Crippen molar-refractivity contribution in [3.63, 3.8) is 0 Å². The van der Waals surface area contributed by atoms with Gasteiger partial charge in [-0.05, 0) is 36.4 Å². The number of benzene rings is 2. The highest BCUT2D eigenvalue weighted by molar-refractivity contribution is 6.30. The van der Waals surface area contributed by atoms with E-state index >= 15 is 0 Å². The molecule has 0 bridgehead atoms. The first-order chi connectivity index (χ1) is 10.0. The van der Waals surface area contributed by atoms with Crippen LogP contribution in [0.4, 0.5) is 4.39 Å². The van der Waals surface area contributed by atoms with Crippen LogP contribution in [-0.2, 0) is 6.61 Å². The van der Waals surface area contributed by atoms with Crippen molar-refractivity contribution in [3.05, 3.63) is 58.4 Å². The predicted octanol–water partition coefficient (Wildman–Crippen LogP) is 3.35. The molecule has 2 aromatic rings. The standard InChI is InChI=1S/C15H14ClFN2O2/c1-20-14-7-9(15(18)19)2-5-13(14)21-8-10-6-11(16)3-4-12(10)17/h2-7H,8H2,1H3,(H3,18,19). The second kappa shape index (κ2) is 6.45. The Morgan fingerprint density at radius 1 is 1.24 bits per heavy atom. The van der Waals surface area contributed by atoms with E-state index in [0.717, 1.165) is 0 Å². The van der Waals surface area contributed by atoms with E-state index in [9.17, 15) is 4.39 Å². The van der Waals surface area contributed by atoms with Crippen molar-refractivity contribution in [2.45, 2.75) is 6.61 Å². The van der Waals surface area contributed by atoms with Gasteiger partial charge in [-0.25, -0.2) is 4.39 Å². The molecule has 0 spiro atoms. The number of nitrogen functional groups attached to an aromatic ring is 1. The van der Waals surface area contributed by atoms with Crippen LogP contribution in [0.5, 0.6) is 11.5 Å². The molecule has 0 aromatic heterocycles. The summed E-state index contributed by atoms with van der Waals surface area (Å²) in [6.45, 7) is 0.0160. The summed E-state index contributed by atoms with van der Waals surface area (Å²) < 4.78 is 24.3. The molecule has 0 radical (unpaired) electrons. The Balaban J connectivity index is 2.19. The quantitative estimate of drug-likeness (QED) is 0.657. The Morgan fingerprint density at radius 2 is 2.00 bits per heavy atom. The van der Waals surface area contributed by atoms with Gasteiger partial charge in [-0.15, -0.1) is 0 Å². The summed E-state index contributed by atoms with van der Waals surface area (Å²) >= 11 is 5.83. The highest BCUT2D eigenvalue weighted by Crippen LogP contribution is 2.29. The zero-order valence-electron chi connectivity index (χ0n) is 11.3. The normalized spacial score (nSPS) is 10.2. The summed E-state index contributed by atoms with van der Waals surface area (Å²) in [4.78, 5) is 0. The number of amidine groups is 1. The van der Waals surface area contributed by atoms with Crippen LogP contribution in [0.3, 0.4) is 0 Å². The van der Waals surface area contributed by atoms with E-state index in [4.69, 9.17) is 32.2 Å². The number of halogens is 2. The van der Waals surface area contributed by atoms with Gasteiger partial charge in [0.2, 0.25) is 0 Å². The zero-order valence-corrected chi connectivity index (χ0v) is 12.1. The van der Waals surface area contributed by atoms with E-state index < -0.39 is 5.82 Å². The van der Waals surface area contributed by atoms with Gasteiger partial charge in [0, 0.05) is 16.1 Å². The third-order valence-corrected chi connectivity index (χ3v) is 3.10. The molecular formula is C15H14ClFN2O2. The summed E-state index contributed by atoms with van der Waals surface area (Å²) in [5.41, 5.74) is 6.28. The van der Waals surface area contributed by atoms with Gasteiger partial charge >= 0.3 is 0 Å². The van der Waals surface area contributed by atoms with Gasteiger partial charge in [0.1, 0.15) is 18.3 Å². The van der Waals surface area contributed by atoms with Crippen LogP contribution in [-0.4, -0.2) is 12.9 Å². The Bertz CT molecular complexity index is 677. The van der Waals surface area contributed by atoms with E-state index in [1.54, 1.807) is 18.2 Å². The van der Waals surface area contributed by atoms with Crippen molar-refractivity contribution in [1.29, 1.82) is 5.41 Å². The minimum atomic E-state index is -0.390. The molecular weight excluding hydrogens is 295 g/mol. The molecule has 0 heterocycles. The molecule has 3 N–H and O–H groups in total. The monoisotopic (exact) mass is 308 g/mol. The number of hydrogen-bond acceptors (Lipinski definition) is 3. The number of nitrogens with two attached hydrogens (primary N) is 1. The highest BCUT2D eigenvalue weighted by Gasteiger charge is 2.09. The summed E-state index contributed by atoms with van der Waals surface area (Å²) in [7, 11) is 1.48. The lowest BCUT2D eigenvalue weighted by Gasteiger charge is -2.12. The number of rotatable bonds is 5. The number of nitrogens with one attached hydrogen (secondary N) is 1. The summed E-state index contributed by atoms with van der Waals surface area (Å²) in [6.07, 6.45) is 0. The fraction of sp³-hybridized carbons (Fsp3) is 0.133. The van der Waals surface area contributed by atoms with Gasteiger partial charge in [0.05, 0.1) is 7.11 Å². The maximum Gasteiger partial charge on any atom is 0.161 e. The fourth-order valence-electron chi connectivity index (χ4n) is 1.76. The Labute approximate surface area is 126 Å². The Hall–Kier alpha value is -2.27. The van der Waals surface area contributed by atoms with Crippen LogP contribution in [0.25, 0.3) is 0 Å². The van der Waals surface area contributed by atoms with Gasteiger partial charge in [0.25, 0.3) is 0 Å². The Morgan fingerprint density at radius 3 is 2.67 bits per heavy atom. The first-order valence-electron chi connectivity index (χ1n) is 6.10. The number of ether oxygens (including phenoxy) is 2. The average molecular weight is 309 g/mol. The average Bonchev–Trinajstić information content (AvgIpc) is 2.47. The first kappa shape index (κ1) is 15.1. The fourth-order valence-corrected chi connectivity index (χ4v) is 1.96. The van der Waals surface area contributed by atoms with Crippen molar-refractivity contribution in [2.75, 3.05) is 7.11 Å². The molecule has 0 aliphatic heterocycles. The topological polar surface area (TPSA) is 68.3 Å². The summed E-state index contributed by atoms with van der Waals surface area (Å²) in [6, 6.07) is 9.12. The molecule has 0 unspecified atom stereocenters. The van der Waals surface area contributed by atoms with Gasteiger partial charge in [-0.1, -0.05) is 11.6 Å². The second-order valence-electron chi connectivity index (χ2n) is 4.30. The largest absolute Gasteiger partial charge is 0.493 e. The molecule has 2 rings (SSSR count). The molecule has 2 aromatic carbocycles.